The topological polar surface area (TPSA) is 12.9 Å². The van der Waals surface area contributed by atoms with E-state index in [2.05, 4.69) is 212 Å². The van der Waals surface area contributed by atoms with E-state index in [0.717, 1.165) is 16.8 Å². The molecule has 0 bridgehead atoms. The highest BCUT2D eigenvalue weighted by Gasteiger charge is 2.19. The first-order chi connectivity index (χ1) is 27.8. The standard InChI is InChI=1S/C55H35N/c1-3-15-36(16-4-1)50-35-52(56-51-34-31-37-17-7-8-20-42(37)55(50)51)39-29-27-38(28-30-39)41-32-33-49(44-22-10-9-21-43(41)44)54-47-25-13-11-23-45(47)53(40-18-5-2-6-19-40)46-24-12-14-26-48(46)54/h1-35H. The van der Waals surface area contributed by atoms with Crippen LogP contribution < -0.4 is 0 Å². The molecule has 0 amide bonds. The molecule has 0 fully saturated rings. The maximum atomic E-state index is 5.25. The predicted molar refractivity (Wildman–Crippen MR) is 239 cm³/mol. The predicted octanol–water partition coefficient (Wildman–Crippen LogP) is 15.2. The molecule has 0 aliphatic heterocycles. The van der Waals surface area contributed by atoms with Gasteiger partial charge in [0.15, 0.2) is 0 Å². The average Bonchev–Trinajstić information content (AvgIpc) is 3.28. The fourth-order valence-electron chi connectivity index (χ4n) is 8.92. The molecule has 0 saturated carbocycles. The highest BCUT2D eigenvalue weighted by atomic mass is 14.7. The summed E-state index contributed by atoms with van der Waals surface area (Å²) in [6, 6.07) is 77.0. The van der Waals surface area contributed by atoms with Crippen molar-refractivity contribution in [3.8, 4) is 55.8 Å². The van der Waals surface area contributed by atoms with Crippen LogP contribution in [0.5, 0.6) is 0 Å². The minimum absolute atomic E-state index is 0.969. The summed E-state index contributed by atoms with van der Waals surface area (Å²) in [7, 11) is 0. The van der Waals surface area contributed by atoms with E-state index in [1.54, 1.807) is 0 Å². The minimum atomic E-state index is 0.969. The SMILES string of the molecule is c1ccc(-c2c3ccccc3c(-c3ccc(-c4ccc(-c5cc(-c6ccccc6)c6c(ccc7ccccc76)n5)cc4)c4ccccc34)c3ccccc23)cc1. The molecule has 1 aromatic heterocycles. The molecule has 56 heavy (non-hydrogen) atoms. The lowest BCUT2D eigenvalue weighted by atomic mass is 9.84. The van der Waals surface area contributed by atoms with Gasteiger partial charge in [-0.3, -0.25) is 0 Å². The maximum absolute atomic E-state index is 5.25. The highest BCUT2D eigenvalue weighted by Crippen LogP contribution is 2.46. The zero-order valence-corrected chi connectivity index (χ0v) is 30.7. The van der Waals surface area contributed by atoms with Gasteiger partial charge in [0.05, 0.1) is 11.2 Å². The summed E-state index contributed by atoms with van der Waals surface area (Å²) >= 11 is 0. The Kier molecular flexibility index (Phi) is 7.57. The van der Waals surface area contributed by atoms with Gasteiger partial charge in [-0.05, 0) is 99.7 Å². The zero-order chi connectivity index (χ0) is 37.0. The van der Waals surface area contributed by atoms with Crippen molar-refractivity contribution in [1.82, 2.24) is 4.98 Å². The van der Waals surface area contributed by atoms with Crippen LogP contribution in [0.25, 0.3) is 110 Å². The lowest BCUT2D eigenvalue weighted by Gasteiger charge is -2.19. The van der Waals surface area contributed by atoms with Crippen molar-refractivity contribution in [3.63, 3.8) is 0 Å². The van der Waals surface area contributed by atoms with Crippen molar-refractivity contribution in [2.75, 3.05) is 0 Å². The Morgan fingerprint density at radius 3 is 1.38 bits per heavy atom. The highest BCUT2D eigenvalue weighted by molar-refractivity contribution is 6.24. The Balaban J connectivity index is 1.06. The van der Waals surface area contributed by atoms with Crippen molar-refractivity contribution < 1.29 is 0 Å². The Bertz CT molecular complexity index is 3210. The smallest absolute Gasteiger partial charge is 0.0722 e. The molecule has 0 spiro atoms. The average molecular weight is 710 g/mol. The van der Waals surface area contributed by atoms with E-state index in [1.807, 2.05) is 0 Å². The van der Waals surface area contributed by atoms with Gasteiger partial charge in [-0.15, -0.1) is 0 Å². The summed E-state index contributed by atoms with van der Waals surface area (Å²) in [4.78, 5) is 5.25. The van der Waals surface area contributed by atoms with Crippen LogP contribution >= 0.6 is 0 Å². The van der Waals surface area contributed by atoms with Gasteiger partial charge in [0.1, 0.15) is 0 Å². The van der Waals surface area contributed by atoms with Crippen molar-refractivity contribution in [1.29, 1.82) is 0 Å². The Morgan fingerprint density at radius 2 is 0.732 bits per heavy atom. The number of aromatic nitrogens is 1. The molecule has 0 unspecified atom stereocenters. The van der Waals surface area contributed by atoms with Crippen LogP contribution in [0.3, 0.4) is 0 Å². The van der Waals surface area contributed by atoms with E-state index in [9.17, 15) is 0 Å². The van der Waals surface area contributed by atoms with Crippen molar-refractivity contribution >= 4 is 54.0 Å². The van der Waals surface area contributed by atoms with Gasteiger partial charge in [0, 0.05) is 10.9 Å². The molecule has 0 saturated heterocycles. The van der Waals surface area contributed by atoms with Gasteiger partial charge < -0.3 is 0 Å². The van der Waals surface area contributed by atoms with Gasteiger partial charge in [0.25, 0.3) is 0 Å². The van der Waals surface area contributed by atoms with Crippen LogP contribution in [-0.4, -0.2) is 4.98 Å². The number of fused-ring (bicyclic) bond motifs is 6. The fraction of sp³-hybridized carbons (Fsp3) is 0. The van der Waals surface area contributed by atoms with Crippen LogP contribution in [-0.2, 0) is 0 Å². The normalized spacial score (nSPS) is 11.6. The molecule has 0 aliphatic carbocycles. The molecule has 1 heteroatoms. The lowest BCUT2D eigenvalue weighted by Crippen LogP contribution is -1.93. The van der Waals surface area contributed by atoms with Gasteiger partial charge in [-0.2, -0.15) is 0 Å². The number of benzene rings is 10. The van der Waals surface area contributed by atoms with Crippen LogP contribution in [0.2, 0.25) is 0 Å². The third kappa shape index (κ3) is 5.21. The third-order valence-electron chi connectivity index (χ3n) is 11.5. The first-order valence-electron chi connectivity index (χ1n) is 19.3. The summed E-state index contributed by atoms with van der Waals surface area (Å²) in [6.45, 7) is 0. The van der Waals surface area contributed by atoms with Gasteiger partial charge in [0.2, 0.25) is 0 Å². The molecule has 11 rings (SSSR count). The van der Waals surface area contributed by atoms with E-state index in [0.29, 0.717) is 0 Å². The van der Waals surface area contributed by atoms with Gasteiger partial charge in [-0.25, -0.2) is 4.98 Å². The number of hydrogen-bond donors (Lipinski definition) is 0. The third-order valence-corrected chi connectivity index (χ3v) is 11.5. The summed E-state index contributed by atoms with van der Waals surface area (Å²) in [6.07, 6.45) is 0. The minimum Gasteiger partial charge on any atom is -0.248 e. The molecule has 11 aromatic rings. The molecular formula is C55H35N. The summed E-state index contributed by atoms with van der Waals surface area (Å²) in [5.41, 5.74) is 12.9. The van der Waals surface area contributed by atoms with Gasteiger partial charge in [-0.1, -0.05) is 200 Å². The molecule has 0 radical (unpaired) electrons. The summed E-state index contributed by atoms with van der Waals surface area (Å²) in [5, 5.41) is 11.2. The number of nitrogens with zero attached hydrogens (tertiary/aromatic N) is 1. The molecule has 260 valence electrons. The number of rotatable bonds is 5. The molecule has 0 aliphatic rings. The largest absolute Gasteiger partial charge is 0.248 e. The van der Waals surface area contributed by atoms with Crippen LogP contribution in [0.4, 0.5) is 0 Å². The molecule has 0 atom stereocenters. The molecule has 1 nitrogen and oxygen atoms in total. The molecular weight excluding hydrogens is 675 g/mol. The zero-order valence-electron chi connectivity index (χ0n) is 30.7. The Morgan fingerprint density at radius 1 is 0.268 bits per heavy atom. The van der Waals surface area contributed by atoms with Gasteiger partial charge >= 0.3 is 0 Å². The molecule has 1 heterocycles. The van der Waals surface area contributed by atoms with E-state index in [-0.39, 0.29) is 0 Å². The quantitative estimate of drug-likeness (QED) is 0.128. The van der Waals surface area contributed by atoms with E-state index in [1.165, 1.54) is 93.0 Å². The lowest BCUT2D eigenvalue weighted by molar-refractivity contribution is 1.40. The van der Waals surface area contributed by atoms with Crippen molar-refractivity contribution in [2.24, 2.45) is 0 Å². The first kappa shape index (κ1) is 32.1. The fourth-order valence-corrected chi connectivity index (χ4v) is 8.92. The Hall–Kier alpha value is -7.35. The van der Waals surface area contributed by atoms with Crippen molar-refractivity contribution in [2.45, 2.75) is 0 Å². The second kappa shape index (κ2) is 13.2. The monoisotopic (exact) mass is 709 g/mol. The summed E-state index contributed by atoms with van der Waals surface area (Å²) < 4.78 is 0. The van der Waals surface area contributed by atoms with E-state index < -0.39 is 0 Å². The second-order valence-electron chi connectivity index (χ2n) is 14.6. The molecule has 10 aromatic carbocycles. The molecule has 0 N–H and O–H groups in total. The second-order valence-corrected chi connectivity index (χ2v) is 14.6. The maximum Gasteiger partial charge on any atom is 0.0722 e. The van der Waals surface area contributed by atoms with Crippen LogP contribution in [0.15, 0.2) is 212 Å². The summed E-state index contributed by atoms with van der Waals surface area (Å²) in [5.74, 6) is 0. The van der Waals surface area contributed by atoms with E-state index >= 15 is 0 Å². The van der Waals surface area contributed by atoms with Crippen LogP contribution in [0, 0.1) is 0 Å². The van der Waals surface area contributed by atoms with Crippen molar-refractivity contribution in [3.05, 3.63) is 212 Å². The first-order valence-corrected chi connectivity index (χ1v) is 19.3. The van der Waals surface area contributed by atoms with Crippen LogP contribution in [0.1, 0.15) is 0 Å². The van der Waals surface area contributed by atoms with E-state index in [4.69, 9.17) is 4.98 Å². The number of hydrogen-bond acceptors (Lipinski definition) is 1. The Labute approximate surface area is 325 Å². The number of pyridine rings is 1.